The molecule has 2 saturated heterocycles. The molecule has 458 valence electrons. The van der Waals surface area contributed by atoms with Gasteiger partial charge in [-0.1, -0.05) is 71.1 Å². The summed E-state index contributed by atoms with van der Waals surface area (Å²) in [5.41, 5.74) is 0.381. The Bertz CT molecular complexity index is 2220. The first-order valence-electron chi connectivity index (χ1n) is 29.6. The molecule has 1 unspecified atom stereocenters. The molecule has 3 heterocycles. The monoisotopic (exact) mass is 1140 g/mol. The van der Waals surface area contributed by atoms with Gasteiger partial charge in [0.05, 0.1) is 37.6 Å². The van der Waals surface area contributed by atoms with Crippen molar-refractivity contribution in [2.75, 3.05) is 40.6 Å². The van der Waals surface area contributed by atoms with Crippen LogP contribution in [0.4, 0.5) is 4.79 Å². The lowest BCUT2D eigenvalue weighted by Crippen LogP contribution is -2.61. The van der Waals surface area contributed by atoms with Crippen LogP contribution < -0.4 is 5.32 Å². The number of aliphatic hydroxyl groups is 3. The van der Waals surface area contributed by atoms with Crippen molar-refractivity contribution in [3.05, 3.63) is 47.6 Å². The molecular weight excluding hydrogens is 1040 g/mol. The summed E-state index contributed by atoms with van der Waals surface area (Å²) in [6.07, 6.45) is 10.8. The van der Waals surface area contributed by atoms with E-state index in [1.165, 1.54) is 12.0 Å². The zero-order valence-corrected chi connectivity index (χ0v) is 50.5. The number of esters is 1. The van der Waals surface area contributed by atoms with Crippen LogP contribution in [0, 0.1) is 35.5 Å². The smallest absolute Gasteiger partial charge is 0.414 e. The maximum Gasteiger partial charge on any atom is 0.414 e. The molecule has 4 aliphatic rings. The van der Waals surface area contributed by atoms with Crippen LogP contribution in [0.15, 0.2) is 47.6 Å². The average molecular weight is 1140 g/mol. The van der Waals surface area contributed by atoms with Gasteiger partial charge < -0.3 is 53.4 Å². The summed E-state index contributed by atoms with van der Waals surface area (Å²) in [5, 5.41) is 35.5. The number of carbonyl (C=O) groups excluding carboxylic acids is 7. The largest absolute Gasteiger partial charge is 0.460 e. The summed E-state index contributed by atoms with van der Waals surface area (Å²) in [4.78, 5) is 97.8. The van der Waals surface area contributed by atoms with Gasteiger partial charge in [0.15, 0.2) is 5.78 Å². The number of nitrogens with one attached hydrogen (secondary N) is 1. The molecule has 0 radical (unpaired) electrons. The summed E-state index contributed by atoms with van der Waals surface area (Å²) >= 11 is 0. The van der Waals surface area contributed by atoms with E-state index in [9.17, 15) is 48.9 Å². The zero-order valence-electron chi connectivity index (χ0n) is 50.5. The fraction of sp³-hybridized carbons (Fsp3) is 0.758. The fourth-order valence-corrected chi connectivity index (χ4v) is 11.5. The van der Waals surface area contributed by atoms with Gasteiger partial charge >= 0.3 is 12.1 Å². The van der Waals surface area contributed by atoms with Crippen molar-refractivity contribution in [2.45, 2.75) is 226 Å². The number of hydrogen-bond donors (Lipinski definition) is 4. The topological polar surface area (TPSA) is 260 Å². The van der Waals surface area contributed by atoms with Gasteiger partial charge in [-0.15, -0.1) is 0 Å². The third-order valence-corrected chi connectivity index (χ3v) is 16.3. The Morgan fingerprint density at radius 1 is 0.864 bits per heavy atom. The second-order valence-corrected chi connectivity index (χ2v) is 24.3. The van der Waals surface area contributed by atoms with Crippen LogP contribution in [0.25, 0.3) is 0 Å². The molecule has 4 rings (SSSR count). The predicted molar refractivity (Wildman–Crippen MR) is 303 cm³/mol. The number of cyclic esters (lactones) is 1. The number of aliphatic hydroxyl groups excluding tert-OH is 2. The van der Waals surface area contributed by atoms with E-state index in [1.807, 2.05) is 51.2 Å². The molecule has 15 atom stereocenters. The zero-order chi connectivity index (χ0) is 60.2. The molecule has 4 N–H and O–H groups in total. The Hall–Kier alpha value is -4.47. The second kappa shape index (κ2) is 33.1. The van der Waals surface area contributed by atoms with Crippen molar-refractivity contribution >= 4 is 41.2 Å². The summed E-state index contributed by atoms with van der Waals surface area (Å²) < 4.78 is 41.6. The molecule has 3 amide bonds. The van der Waals surface area contributed by atoms with Crippen LogP contribution in [0.5, 0.6) is 0 Å². The minimum Gasteiger partial charge on any atom is -0.460 e. The second-order valence-electron chi connectivity index (χ2n) is 24.3. The van der Waals surface area contributed by atoms with E-state index in [4.69, 9.17) is 33.2 Å². The number of imide groups is 1. The lowest BCUT2D eigenvalue weighted by molar-refractivity contribution is -0.266. The number of rotatable bonds is 14. The lowest BCUT2D eigenvalue weighted by atomic mass is 9.78. The number of ether oxygens (including phenoxy) is 7. The highest BCUT2D eigenvalue weighted by atomic mass is 16.6. The molecule has 0 aromatic carbocycles. The third-order valence-electron chi connectivity index (χ3n) is 16.3. The van der Waals surface area contributed by atoms with Crippen molar-refractivity contribution < 1.29 is 82.0 Å². The first-order valence-corrected chi connectivity index (χ1v) is 29.6. The van der Waals surface area contributed by atoms with Gasteiger partial charge in [0.1, 0.15) is 35.7 Å². The molecule has 3 fully saturated rings. The van der Waals surface area contributed by atoms with Gasteiger partial charge in [0.2, 0.25) is 11.7 Å². The van der Waals surface area contributed by atoms with Crippen molar-refractivity contribution in [1.82, 2.24) is 10.2 Å². The number of carbonyl (C=O) groups is 7. The van der Waals surface area contributed by atoms with Gasteiger partial charge in [-0.05, 0) is 141 Å². The van der Waals surface area contributed by atoms with E-state index in [0.717, 1.165) is 12.0 Å². The number of nitrogens with zero attached hydrogens (tertiary/aromatic N) is 1. The molecule has 0 spiro atoms. The predicted octanol–water partition coefficient (Wildman–Crippen LogP) is 7.79. The van der Waals surface area contributed by atoms with Crippen LogP contribution in [0.3, 0.4) is 0 Å². The van der Waals surface area contributed by atoms with Crippen LogP contribution in [0.2, 0.25) is 0 Å². The quantitative estimate of drug-likeness (QED) is 0.0560. The van der Waals surface area contributed by atoms with Crippen LogP contribution in [-0.2, 0) is 61.9 Å². The molecule has 0 aromatic heterocycles. The molecule has 81 heavy (non-hydrogen) atoms. The highest BCUT2D eigenvalue weighted by molar-refractivity contribution is 6.39. The van der Waals surface area contributed by atoms with Crippen LogP contribution in [-0.4, -0.2) is 162 Å². The molecule has 3 aliphatic heterocycles. The molecule has 19 nitrogen and oxygen atoms in total. The van der Waals surface area contributed by atoms with E-state index >= 15 is 0 Å². The van der Waals surface area contributed by atoms with Gasteiger partial charge in [-0.25, -0.2) is 9.59 Å². The van der Waals surface area contributed by atoms with E-state index in [1.54, 1.807) is 61.7 Å². The van der Waals surface area contributed by atoms with E-state index < -0.39 is 95.4 Å². The maximum absolute atomic E-state index is 14.6. The van der Waals surface area contributed by atoms with Crippen molar-refractivity contribution in [1.29, 1.82) is 0 Å². The first-order chi connectivity index (χ1) is 38.2. The molecule has 1 aliphatic carbocycles. The van der Waals surface area contributed by atoms with E-state index in [-0.39, 0.29) is 93.6 Å². The Labute approximate surface area is 481 Å². The van der Waals surface area contributed by atoms with Crippen molar-refractivity contribution in [3.63, 3.8) is 0 Å². The molecular formula is C62H98N2O17. The molecule has 2 bridgehead atoms. The summed E-state index contributed by atoms with van der Waals surface area (Å²) in [6.45, 7) is 18.0. The van der Waals surface area contributed by atoms with Crippen LogP contribution >= 0.6 is 0 Å². The highest BCUT2D eigenvalue weighted by Crippen LogP contribution is 2.38. The molecule has 19 heteroatoms. The number of hydrogen-bond acceptors (Lipinski definition) is 17. The van der Waals surface area contributed by atoms with Crippen molar-refractivity contribution in [2.24, 2.45) is 35.5 Å². The highest BCUT2D eigenvalue weighted by Gasteiger charge is 2.53. The number of Topliss-reactive ketones (excluding diaryl/α,β-unsaturated/α-hetero) is 3. The molecule has 0 aromatic rings. The van der Waals surface area contributed by atoms with Crippen molar-refractivity contribution in [3.8, 4) is 0 Å². The number of fused-ring (bicyclic) bond motifs is 3. The fourth-order valence-electron chi connectivity index (χ4n) is 11.5. The Morgan fingerprint density at radius 2 is 1.59 bits per heavy atom. The number of ketones is 3. The Morgan fingerprint density at radius 3 is 2.27 bits per heavy atom. The summed E-state index contributed by atoms with van der Waals surface area (Å²) in [7, 11) is 2.98. The number of unbranched alkanes of at least 4 members (excludes halogenated alkanes) is 1. The summed E-state index contributed by atoms with van der Waals surface area (Å²) in [5.74, 6) is -9.05. The lowest BCUT2D eigenvalue weighted by Gasteiger charge is -2.43. The average Bonchev–Trinajstić information content (AvgIpc) is 3.54. The minimum atomic E-state index is -2.54. The van der Waals surface area contributed by atoms with Gasteiger partial charge in [-0.3, -0.25) is 29.3 Å². The Balaban J connectivity index is 1.68. The van der Waals surface area contributed by atoms with Gasteiger partial charge in [0.25, 0.3) is 11.7 Å². The maximum atomic E-state index is 14.6. The minimum absolute atomic E-state index is 0.0365. The first kappa shape index (κ1) is 69.0. The van der Waals surface area contributed by atoms with Crippen LogP contribution in [0.1, 0.15) is 166 Å². The number of alkyl carbamates (subject to hydrolysis) is 1. The third kappa shape index (κ3) is 21.3. The molecule has 1 saturated carbocycles. The van der Waals surface area contributed by atoms with E-state index in [2.05, 4.69) is 5.32 Å². The number of allylic oxidation sites excluding steroid dienone is 6. The number of amides is 3. The Kier molecular flexibility index (Phi) is 28.2. The SMILES string of the molecule is CO[C@@H]1C[C@H](C[C@@H](C)[C@@H]2CC(=O)[C@H](C)/C=C(\C)[C@@H](O)[C@@H](OC)C(=O)[C@H](C)C[C@H](C)/C=C/C=C/C=C(\C)C(OCCCCC(=O)NC(=O)OC(C)(C)C)C[C@@H]3CC[C@@H](C)[C@@](O)(O3)C(=O)C(=O)N3CCCC[C@H]3C(=O)O2)CC[C@H]1OCCO. The normalized spacial score (nSPS) is 34.8. The van der Waals surface area contributed by atoms with Gasteiger partial charge in [-0.2, -0.15) is 0 Å². The number of methoxy groups -OCH3 is 2. The number of piperidine rings is 1. The standard InChI is InChI=1S/C62H98N2O17/c1-38-20-14-13-15-21-39(2)50(77-30-19-17-23-53(67)63-60(73)81-61(8,9)10)36-46-26-24-44(7)62(74,80-46)57(70)58(71)64-28-18-16-22-47(64)59(72)79-51(41(4)34-45-25-27-49(78-31-29-65)52(35-45)75-11)37-48(66)40(3)33-43(6)55(69)56(76-12)54(68)42(5)32-38/h13-15,20-21,33,38,40-42,44-47,49-52,55-56,65,69,74H,16-19,22-32,34-37H2,1-12H3,(H,63,67,73)/b15-13+,20-14+,39-21+,43-33+/t38-,40-,41-,42-,44-,45+,46+,47+,49-,50?,51+,52-,55-,56+,62-/m1/s1. The van der Waals surface area contributed by atoms with Gasteiger partial charge in [0, 0.05) is 64.4 Å². The summed E-state index contributed by atoms with van der Waals surface area (Å²) in [6, 6.07) is -1.20. The van der Waals surface area contributed by atoms with E-state index in [0.29, 0.717) is 69.8 Å².